The first-order valence-electron chi connectivity index (χ1n) is 7.60. The molecule has 6 nitrogen and oxygen atoms in total. The van der Waals surface area contributed by atoms with Crippen molar-refractivity contribution in [2.24, 2.45) is 0 Å². The highest BCUT2D eigenvalue weighted by Gasteiger charge is 2.23. The smallest absolute Gasteiger partial charge is 0.387 e. The third-order valence-electron chi connectivity index (χ3n) is 3.83. The van der Waals surface area contributed by atoms with Gasteiger partial charge in [0.05, 0.1) is 6.04 Å². The molecule has 2 amide bonds. The first-order chi connectivity index (χ1) is 11.5. The summed E-state index contributed by atoms with van der Waals surface area (Å²) in [5.74, 6) is 1.06. The van der Waals surface area contributed by atoms with E-state index in [2.05, 4.69) is 20.5 Å². The molecular formula is C16H17F2N3O3. The quantitative estimate of drug-likeness (QED) is 0.890. The Morgan fingerprint density at radius 3 is 2.96 bits per heavy atom. The highest BCUT2D eigenvalue weighted by Crippen LogP contribution is 2.32. The maximum atomic E-state index is 12.3. The number of hydrogen-bond acceptors (Lipinski definition) is 4. The molecule has 0 saturated heterocycles. The Kier molecular flexibility index (Phi) is 4.64. The molecule has 128 valence electrons. The number of aryl methyl sites for hydroxylation is 2. The van der Waals surface area contributed by atoms with Crippen molar-refractivity contribution >= 4 is 11.8 Å². The number of halogens is 2. The minimum Gasteiger partial charge on any atom is -0.435 e. The van der Waals surface area contributed by atoms with Crippen molar-refractivity contribution in [2.45, 2.75) is 38.8 Å². The fourth-order valence-corrected chi connectivity index (χ4v) is 2.85. The number of amides is 2. The largest absolute Gasteiger partial charge is 0.435 e. The zero-order valence-electron chi connectivity index (χ0n) is 13.0. The van der Waals surface area contributed by atoms with Crippen molar-refractivity contribution in [1.82, 2.24) is 10.5 Å². The summed E-state index contributed by atoms with van der Waals surface area (Å²) in [7, 11) is 0. The molecule has 0 spiro atoms. The van der Waals surface area contributed by atoms with Crippen LogP contribution >= 0.6 is 0 Å². The summed E-state index contributed by atoms with van der Waals surface area (Å²) in [5.41, 5.74) is 1.82. The van der Waals surface area contributed by atoms with Crippen LogP contribution in [0, 0.1) is 6.92 Å². The molecule has 2 aromatic rings. The molecule has 3 rings (SSSR count). The maximum absolute atomic E-state index is 12.3. The number of benzene rings is 1. The summed E-state index contributed by atoms with van der Waals surface area (Å²) >= 11 is 0. The van der Waals surface area contributed by atoms with Gasteiger partial charge in [0.25, 0.3) is 0 Å². The summed E-state index contributed by atoms with van der Waals surface area (Å²) < 4.78 is 33.9. The van der Waals surface area contributed by atoms with Crippen molar-refractivity contribution < 1.29 is 22.8 Å². The highest BCUT2D eigenvalue weighted by molar-refractivity contribution is 5.88. The number of fused-ring (bicyclic) bond motifs is 1. The minimum absolute atomic E-state index is 0.131. The Hall–Kier alpha value is -2.64. The van der Waals surface area contributed by atoms with E-state index in [4.69, 9.17) is 4.52 Å². The summed E-state index contributed by atoms with van der Waals surface area (Å²) in [6.45, 7) is -1.12. The first-order valence-corrected chi connectivity index (χ1v) is 7.60. The molecule has 2 N–H and O–H groups in total. The van der Waals surface area contributed by atoms with E-state index in [0.29, 0.717) is 11.6 Å². The number of alkyl halides is 2. The number of carbonyl (C=O) groups is 1. The summed E-state index contributed by atoms with van der Waals surface area (Å²) in [6.07, 6.45) is 2.38. The van der Waals surface area contributed by atoms with Crippen LogP contribution in [-0.4, -0.2) is 17.8 Å². The van der Waals surface area contributed by atoms with Crippen molar-refractivity contribution in [3.05, 3.63) is 41.2 Å². The van der Waals surface area contributed by atoms with Crippen molar-refractivity contribution in [1.29, 1.82) is 0 Å². The molecule has 1 aromatic carbocycles. The topological polar surface area (TPSA) is 76.4 Å². The highest BCUT2D eigenvalue weighted by atomic mass is 19.3. The number of aromatic nitrogens is 1. The zero-order chi connectivity index (χ0) is 17.1. The number of anilines is 1. The van der Waals surface area contributed by atoms with Gasteiger partial charge < -0.3 is 14.6 Å². The zero-order valence-corrected chi connectivity index (χ0v) is 13.0. The van der Waals surface area contributed by atoms with Gasteiger partial charge in [0.2, 0.25) is 0 Å². The second-order valence-electron chi connectivity index (χ2n) is 5.61. The van der Waals surface area contributed by atoms with E-state index in [1.165, 1.54) is 6.07 Å². The second kappa shape index (κ2) is 6.86. The Bertz CT molecular complexity index is 733. The van der Waals surface area contributed by atoms with Gasteiger partial charge in [0.1, 0.15) is 11.5 Å². The molecule has 0 saturated carbocycles. The fourth-order valence-electron chi connectivity index (χ4n) is 2.85. The average Bonchev–Trinajstić information content (AvgIpc) is 2.91. The molecular weight excluding hydrogens is 320 g/mol. The van der Waals surface area contributed by atoms with Crippen LogP contribution in [0.15, 0.2) is 28.8 Å². The minimum atomic E-state index is -2.85. The SMILES string of the molecule is Cc1cc(NC(=O)N[C@H]2CCCc3cc(OC(F)F)ccc32)no1. The monoisotopic (exact) mass is 337 g/mol. The van der Waals surface area contributed by atoms with Gasteiger partial charge in [-0.15, -0.1) is 0 Å². The number of nitrogens with one attached hydrogen (secondary N) is 2. The molecule has 1 aliphatic carbocycles. The Morgan fingerprint density at radius 1 is 1.42 bits per heavy atom. The van der Waals surface area contributed by atoms with Gasteiger partial charge in [-0.1, -0.05) is 11.2 Å². The van der Waals surface area contributed by atoms with Crippen LogP contribution in [0.2, 0.25) is 0 Å². The van der Waals surface area contributed by atoms with Gasteiger partial charge in [-0.25, -0.2) is 4.79 Å². The van der Waals surface area contributed by atoms with E-state index < -0.39 is 12.6 Å². The van der Waals surface area contributed by atoms with E-state index in [9.17, 15) is 13.6 Å². The number of rotatable bonds is 4. The van der Waals surface area contributed by atoms with E-state index in [0.717, 1.165) is 30.4 Å². The molecule has 24 heavy (non-hydrogen) atoms. The van der Waals surface area contributed by atoms with Crippen LogP contribution in [0.1, 0.15) is 35.8 Å². The molecule has 0 aliphatic heterocycles. The Morgan fingerprint density at radius 2 is 2.25 bits per heavy atom. The lowest BCUT2D eigenvalue weighted by Gasteiger charge is -2.26. The lowest BCUT2D eigenvalue weighted by Crippen LogP contribution is -2.34. The summed E-state index contributed by atoms with van der Waals surface area (Å²) in [5, 5.41) is 9.17. The summed E-state index contributed by atoms with van der Waals surface area (Å²) in [4.78, 5) is 12.1. The summed E-state index contributed by atoms with van der Waals surface area (Å²) in [6, 6.07) is 5.84. The first kappa shape index (κ1) is 16.2. The normalized spacial score (nSPS) is 16.6. The number of carbonyl (C=O) groups excluding carboxylic acids is 1. The lowest BCUT2D eigenvalue weighted by molar-refractivity contribution is -0.0499. The van der Waals surface area contributed by atoms with E-state index in [1.807, 2.05) is 0 Å². The van der Waals surface area contributed by atoms with Gasteiger partial charge in [0, 0.05) is 6.07 Å². The molecule has 1 aliphatic rings. The second-order valence-corrected chi connectivity index (χ2v) is 5.61. The molecule has 1 aromatic heterocycles. The van der Waals surface area contributed by atoms with Crippen LogP contribution in [0.5, 0.6) is 5.75 Å². The number of urea groups is 1. The molecule has 0 bridgehead atoms. The van der Waals surface area contributed by atoms with Gasteiger partial charge in [-0.3, -0.25) is 5.32 Å². The van der Waals surface area contributed by atoms with Crippen molar-refractivity contribution in [3.63, 3.8) is 0 Å². The van der Waals surface area contributed by atoms with Gasteiger partial charge >= 0.3 is 12.6 Å². The predicted molar refractivity (Wildman–Crippen MR) is 82.1 cm³/mol. The molecule has 1 atom stereocenters. The molecule has 8 heteroatoms. The average molecular weight is 337 g/mol. The van der Waals surface area contributed by atoms with Gasteiger partial charge in [0.15, 0.2) is 5.82 Å². The predicted octanol–water partition coefficient (Wildman–Crippen LogP) is 3.78. The van der Waals surface area contributed by atoms with Crippen LogP contribution < -0.4 is 15.4 Å². The van der Waals surface area contributed by atoms with Crippen LogP contribution in [0.25, 0.3) is 0 Å². The fraction of sp³-hybridized carbons (Fsp3) is 0.375. The van der Waals surface area contributed by atoms with Gasteiger partial charge in [-0.2, -0.15) is 8.78 Å². The Balaban J connectivity index is 1.68. The number of ether oxygens (including phenoxy) is 1. The lowest BCUT2D eigenvalue weighted by atomic mass is 9.87. The van der Waals surface area contributed by atoms with Gasteiger partial charge in [-0.05, 0) is 49.4 Å². The number of hydrogen-bond donors (Lipinski definition) is 2. The standard InChI is InChI=1S/C16H17F2N3O3/c1-9-7-14(21-24-9)20-16(22)19-13-4-2-3-10-8-11(23-15(17)18)5-6-12(10)13/h5-8,13,15H,2-4H2,1H3,(H2,19,20,21,22)/t13-/m0/s1. The maximum Gasteiger partial charge on any atom is 0.387 e. The number of nitrogens with zero attached hydrogens (tertiary/aromatic N) is 1. The van der Waals surface area contributed by atoms with Crippen molar-refractivity contribution in [2.75, 3.05) is 5.32 Å². The van der Waals surface area contributed by atoms with Crippen LogP contribution in [0.3, 0.4) is 0 Å². The third-order valence-corrected chi connectivity index (χ3v) is 3.83. The van der Waals surface area contributed by atoms with Crippen LogP contribution in [0.4, 0.5) is 19.4 Å². The molecule has 0 radical (unpaired) electrons. The molecule has 1 heterocycles. The molecule has 0 unspecified atom stereocenters. The van der Waals surface area contributed by atoms with Crippen LogP contribution in [-0.2, 0) is 6.42 Å². The van der Waals surface area contributed by atoms with E-state index >= 15 is 0 Å². The molecule has 0 fully saturated rings. The Labute approximate surface area is 137 Å². The van der Waals surface area contributed by atoms with E-state index in [1.54, 1.807) is 25.1 Å². The van der Waals surface area contributed by atoms with E-state index in [-0.39, 0.29) is 11.8 Å². The van der Waals surface area contributed by atoms with Crippen molar-refractivity contribution in [3.8, 4) is 5.75 Å². The third kappa shape index (κ3) is 3.81.